The molecule has 0 bridgehead atoms. The first-order valence-corrected chi connectivity index (χ1v) is 9.23. The molecule has 2 aliphatic rings. The lowest BCUT2D eigenvalue weighted by molar-refractivity contribution is -0.119. The van der Waals surface area contributed by atoms with Crippen LogP contribution in [0.3, 0.4) is 0 Å². The number of rotatable bonds is 3. The number of carbonyl (C=O) groups excluding carboxylic acids is 1. The maximum Gasteiger partial charge on any atom is 0.217 e. The van der Waals surface area contributed by atoms with Gasteiger partial charge in [-0.2, -0.15) is 0 Å². The first-order chi connectivity index (χ1) is 12.7. The predicted molar refractivity (Wildman–Crippen MR) is 100.0 cm³/mol. The van der Waals surface area contributed by atoms with E-state index in [9.17, 15) is 4.79 Å². The third-order valence-corrected chi connectivity index (χ3v) is 4.99. The SMILES string of the molecule is CC(=O)N[C@H]1CCN(c2nc(-c3ccncc3)nc3c2CCNCC3)C1. The summed E-state index contributed by atoms with van der Waals surface area (Å²) in [6, 6.07) is 4.08. The van der Waals surface area contributed by atoms with Crippen LogP contribution in [0.2, 0.25) is 0 Å². The largest absolute Gasteiger partial charge is 0.354 e. The van der Waals surface area contributed by atoms with Crippen LogP contribution < -0.4 is 15.5 Å². The Bertz CT molecular complexity index is 794. The fourth-order valence-electron chi connectivity index (χ4n) is 3.77. The average molecular weight is 352 g/mol. The molecule has 7 heteroatoms. The highest BCUT2D eigenvalue weighted by Crippen LogP contribution is 2.29. The number of hydrogen-bond donors (Lipinski definition) is 2. The average Bonchev–Trinajstić information content (AvgIpc) is 2.96. The maximum atomic E-state index is 11.4. The molecule has 4 rings (SSSR count). The highest BCUT2D eigenvalue weighted by molar-refractivity contribution is 5.73. The van der Waals surface area contributed by atoms with E-state index in [1.165, 1.54) is 5.56 Å². The molecular formula is C19H24N6O. The van der Waals surface area contributed by atoms with Gasteiger partial charge in [0.1, 0.15) is 5.82 Å². The van der Waals surface area contributed by atoms with Gasteiger partial charge in [-0.25, -0.2) is 9.97 Å². The molecule has 0 spiro atoms. The molecule has 0 radical (unpaired) electrons. The summed E-state index contributed by atoms with van der Waals surface area (Å²) < 4.78 is 0. The number of hydrogen-bond acceptors (Lipinski definition) is 6. The van der Waals surface area contributed by atoms with Crippen molar-refractivity contribution < 1.29 is 4.79 Å². The molecule has 136 valence electrons. The van der Waals surface area contributed by atoms with E-state index < -0.39 is 0 Å². The number of pyridine rings is 1. The predicted octanol–water partition coefficient (Wildman–Crippen LogP) is 0.942. The summed E-state index contributed by atoms with van der Waals surface area (Å²) in [7, 11) is 0. The Kier molecular flexibility index (Phi) is 4.79. The van der Waals surface area contributed by atoms with Gasteiger partial charge in [-0.3, -0.25) is 9.78 Å². The van der Waals surface area contributed by atoms with Gasteiger partial charge in [0.05, 0.1) is 5.69 Å². The van der Waals surface area contributed by atoms with Crippen molar-refractivity contribution in [1.82, 2.24) is 25.6 Å². The lowest BCUT2D eigenvalue weighted by Gasteiger charge is -2.23. The fourth-order valence-corrected chi connectivity index (χ4v) is 3.77. The lowest BCUT2D eigenvalue weighted by Crippen LogP contribution is -2.36. The Balaban J connectivity index is 1.71. The van der Waals surface area contributed by atoms with E-state index in [4.69, 9.17) is 9.97 Å². The molecule has 1 amide bonds. The molecule has 2 aromatic heterocycles. The second-order valence-corrected chi connectivity index (χ2v) is 6.91. The van der Waals surface area contributed by atoms with Crippen LogP contribution in [0, 0.1) is 0 Å². The van der Waals surface area contributed by atoms with Gasteiger partial charge in [0, 0.05) is 62.5 Å². The Morgan fingerprint density at radius 2 is 2.04 bits per heavy atom. The normalized spacial score (nSPS) is 19.7. The second-order valence-electron chi connectivity index (χ2n) is 6.91. The number of anilines is 1. The van der Waals surface area contributed by atoms with Crippen molar-refractivity contribution in [2.45, 2.75) is 32.2 Å². The number of amides is 1. The number of carbonyl (C=O) groups is 1. The van der Waals surface area contributed by atoms with Crippen molar-refractivity contribution in [2.24, 2.45) is 0 Å². The summed E-state index contributed by atoms with van der Waals surface area (Å²) in [6.45, 7) is 5.16. The first kappa shape index (κ1) is 16.9. The molecule has 1 saturated heterocycles. The second kappa shape index (κ2) is 7.37. The van der Waals surface area contributed by atoms with E-state index in [2.05, 4.69) is 20.5 Å². The number of nitrogens with zero attached hydrogens (tertiary/aromatic N) is 4. The maximum absolute atomic E-state index is 11.4. The van der Waals surface area contributed by atoms with Crippen LogP contribution in [0.25, 0.3) is 11.4 Å². The van der Waals surface area contributed by atoms with Crippen LogP contribution >= 0.6 is 0 Å². The summed E-state index contributed by atoms with van der Waals surface area (Å²) >= 11 is 0. The van der Waals surface area contributed by atoms with Crippen molar-refractivity contribution in [3.63, 3.8) is 0 Å². The van der Waals surface area contributed by atoms with E-state index in [-0.39, 0.29) is 11.9 Å². The minimum atomic E-state index is 0.0278. The zero-order valence-corrected chi connectivity index (χ0v) is 15.0. The minimum absolute atomic E-state index is 0.0278. The molecule has 1 fully saturated rings. The molecule has 0 unspecified atom stereocenters. The molecule has 26 heavy (non-hydrogen) atoms. The smallest absolute Gasteiger partial charge is 0.217 e. The zero-order valence-electron chi connectivity index (χ0n) is 15.0. The highest BCUT2D eigenvalue weighted by Gasteiger charge is 2.28. The Labute approximate surface area is 153 Å². The number of nitrogens with one attached hydrogen (secondary N) is 2. The molecule has 4 heterocycles. The van der Waals surface area contributed by atoms with Crippen LogP contribution in [0.5, 0.6) is 0 Å². The molecule has 2 N–H and O–H groups in total. The van der Waals surface area contributed by atoms with E-state index in [0.717, 1.165) is 68.3 Å². The number of aromatic nitrogens is 3. The molecule has 7 nitrogen and oxygen atoms in total. The van der Waals surface area contributed by atoms with Crippen LogP contribution in [-0.4, -0.2) is 53.1 Å². The summed E-state index contributed by atoms with van der Waals surface area (Å²) in [5.74, 6) is 1.81. The van der Waals surface area contributed by atoms with Crippen molar-refractivity contribution >= 4 is 11.7 Å². The van der Waals surface area contributed by atoms with Gasteiger partial charge in [0.15, 0.2) is 5.82 Å². The fraction of sp³-hybridized carbons (Fsp3) is 0.474. The van der Waals surface area contributed by atoms with Crippen molar-refractivity contribution in [3.05, 3.63) is 35.8 Å². The Morgan fingerprint density at radius 3 is 2.85 bits per heavy atom. The van der Waals surface area contributed by atoms with Crippen molar-refractivity contribution in [2.75, 3.05) is 31.1 Å². The molecule has 1 atom stereocenters. The molecule has 0 saturated carbocycles. The summed E-state index contributed by atoms with van der Waals surface area (Å²) in [4.78, 5) is 27.6. The molecule has 2 aliphatic heterocycles. The van der Waals surface area contributed by atoms with Gasteiger partial charge < -0.3 is 15.5 Å². The summed E-state index contributed by atoms with van der Waals surface area (Å²) in [5, 5.41) is 6.49. The van der Waals surface area contributed by atoms with Crippen LogP contribution in [-0.2, 0) is 17.6 Å². The van der Waals surface area contributed by atoms with Crippen molar-refractivity contribution in [3.8, 4) is 11.4 Å². The van der Waals surface area contributed by atoms with Gasteiger partial charge in [-0.05, 0) is 31.5 Å². The molecule has 2 aromatic rings. The minimum Gasteiger partial charge on any atom is -0.354 e. The van der Waals surface area contributed by atoms with Gasteiger partial charge >= 0.3 is 0 Å². The Hall–Kier alpha value is -2.54. The van der Waals surface area contributed by atoms with E-state index in [1.807, 2.05) is 12.1 Å². The van der Waals surface area contributed by atoms with Gasteiger partial charge in [-0.15, -0.1) is 0 Å². The van der Waals surface area contributed by atoms with Gasteiger partial charge in [0.2, 0.25) is 5.91 Å². The van der Waals surface area contributed by atoms with Crippen molar-refractivity contribution in [1.29, 1.82) is 0 Å². The van der Waals surface area contributed by atoms with Crippen LogP contribution in [0.15, 0.2) is 24.5 Å². The quantitative estimate of drug-likeness (QED) is 0.856. The lowest BCUT2D eigenvalue weighted by atomic mass is 10.1. The van der Waals surface area contributed by atoms with E-state index in [1.54, 1.807) is 19.3 Å². The monoisotopic (exact) mass is 352 g/mol. The third kappa shape index (κ3) is 3.53. The Morgan fingerprint density at radius 1 is 1.23 bits per heavy atom. The summed E-state index contributed by atoms with van der Waals surface area (Å²) in [6.07, 6.45) is 6.33. The van der Waals surface area contributed by atoms with E-state index in [0.29, 0.717) is 0 Å². The van der Waals surface area contributed by atoms with Crippen LogP contribution in [0.1, 0.15) is 24.6 Å². The number of fused-ring (bicyclic) bond motifs is 1. The topological polar surface area (TPSA) is 83.0 Å². The standard InChI is InChI=1S/C19H24N6O/c1-13(26)22-15-6-11-25(12-15)19-16-4-9-21-10-5-17(16)23-18(24-19)14-2-7-20-8-3-14/h2-3,7-8,15,21H,4-6,9-12H2,1H3,(H,22,26)/t15-/m0/s1. The first-order valence-electron chi connectivity index (χ1n) is 9.23. The highest BCUT2D eigenvalue weighted by atomic mass is 16.1. The third-order valence-electron chi connectivity index (χ3n) is 4.99. The van der Waals surface area contributed by atoms with E-state index >= 15 is 0 Å². The zero-order chi connectivity index (χ0) is 17.9. The molecule has 0 aliphatic carbocycles. The van der Waals surface area contributed by atoms with Gasteiger partial charge in [0.25, 0.3) is 0 Å². The molecule has 0 aromatic carbocycles. The summed E-state index contributed by atoms with van der Waals surface area (Å²) in [5.41, 5.74) is 3.37. The van der Waals surface area contributed by atoms with Gasteiger partial charge in [-0.1, -0.05) is 0 Å². The van der Waals surface area contributed by atoms with Crippen LogP contribution in [0.4, 0.5) is 5.82 Å². The molecular weight excluding hydrogens is 328 g/mol.